The molecule has 0 unspecified atom stereocenters. The summed E-state index contributed by atoms with van der Waals surface area (Å²) in [4.78, 5) is 5.32. The second-order valence-corrected chi connectivity index (χ2v) is 4.06. The largest absolute Gasteiger partial charge is 0.391 e. The number of hydrogen-bond acceptors (Lipinski definition) is 2. The highest BCUT2D eigenvalue weighted by Gasteiger charge is 1.97. The second-order valence-electron chi connectivity index (χ2n) is 4.06. The molecule has 0 spiro atoms. The van der Waals surface area contributed by atoms with E-state index in [9.17, 15) is 0 Å². The molecule has 0 aliphatic carbocycles. The van der Waals surface area contributed by atoms with Gasteiger partial charge in [-0.1, -0.05) is 65.2 Å². The van der Waals surface area contributed by atoms with Crippen molar-refractivity contribution in [2.45, 2.75) is 13.5 Å². The van der Waals surface area contributed by atoms with E-state index in [1.54, 1.807) is 0 Å². The van der Waals surface area contributed by atoms with Gasteiger partial charge in [-0.3, -0.25) is 0 Å². The van der Waals surface area contributed by atoms with Crippen molar-refractivity contribution in [3.05, 3.63) is 65.7 Å². The standard InChI is InChI=1S/C15H14BNO/c1-12(14-7-9-15(16)10-8-14)17-18-11-13-5-3-2-4-6-13/h2-10H,11H2,1H3/b17-12+. The van der Waals surface area contributed by atoms with Crippen LogP contribution in [0.2, 0.25) is 0 Å². The Bertz CT molecular complexity index is 520. The van der Waals surface area contributed by atoms with Crippen LogP contribution in [0.25, 0.3) is 0 Å². The van der Waals surface area contributed by atoms with Crippen molar-refractivity contribution in [1.82, 2.24) is 0 Å². The molecule has 88 valence electrons. The van der Waals surface area contributed by atoms with Gasteiger partial charge in [0.05, 0.1) is 5.71 Å². The van der Waals surface area contributed by atoms with Gasteiger partial charge in [0.15, 0.2) is 0 Å². The fourth-order valence-corrected chi connectivity index (χ4v) is 1.55. The van der Waals surface area contributed by atoms with E-state index in [1.165, 1.54) is 0 Å². The molecule has 2 radical (unpaired) electrons. The maximum absolute atomic E-state index is 5.63. The Kier molecular flexibility index (Phi) is 4.18. The topological polar surface area (TPSA) is 21.6 Å². The van der Waals surface area contributed by atoms with Gasteiger partial charge in [0.25, 0.3) is 0 Å². The zero-order chi connectivity index (χ0) is 12.8. The first-order chi connectivity index (χ1) is 8.75. The van der Waals surface area contributed by atoms with Crippen LogP contribution in [-0.2, 0) is 11.4 Å². The summed E-state index contributed by atoms with van der Waals surface area (Å²) in [6, 6.07) is 17.5. The van der Waals surface area contributed by atoms with Crippen LogP contribution in [-0.4, -0.2) is 13.6 Å². The van der Waals surface area contributed by atoms with Crippen molar-refractivity contribution >= 4 is 19.0 Å². The first kappa shape index (κ1) is 12.4. The van der Waals surface area contributed by atoms with Crippen LogP contribution >= 0.6 is 0 Å². The Labute approximate surface area is 109 Å². The van der Waals surface area contributed by atoms with E-state index in [1.807, 2.05) is 61.5 Å². The number of oxime groups is 1. The third-order valence-corrected chi connectivity index (χ3v) is 2.60. The molecule has 18 heavy (non-hydrogen) atoms. The molecule has 0 atom stereocenters. The van der Waals surface area contributed by atoms with E-state index >= 15 is 0 Å². The van der Waals surface area contributed by atoms with Gasteiger partial charge < -0.3 is 4.84 Å². The normalized spacial score (nSPS) is 11.3. The van der Waals surface area contributed by atoms with E-state index < -0.39 is 0 Å². The summed E-state index contributed by atoms with van der Waals surface area (Å²) in [5.41, 5.74) is 3.70. The Morgan fingerprint density at radius 1 is 1.06 bits per heavy atom. The molecule has 0 amide bonds. The lowest BCUT2D eigenvalue weighted by molar-refractivity contribution is 0.130. The molecule has 0 saturated heterocycles. The van der Waals surface area contributed by atoms with Gasteiger partial charge in [-0.25, -0.2) is 0 Å². The van der Waals surface area contributed by atoms with Crippen LogP contribution in [0.3, 0.4) is 0 Å². The van der Waals surface area contributed by atoms with Crippen LogP contribution in [0.1, 0.15) is 18.1 Å². The Morgan fingerprint density at radius 3 is 2.39 bits per heavy atom. The molecule has 2 aromatic carbocycles. The summed E-state index contributed by atoms with van der Waals surface area (Å²) < 4.78 is 0. The number of benzene rings is 2. The highest BCUT2D eigenvalue weighted by molar-refractivity contribution is 6.32. The predicted molar refractivity (Wildman–Crippen MR) is 75.3 cm³/mol. The van der Waals surface area contributed by atoms with Crippen molar-refractivity contribution < 1.29 is 4.84 Å². The third-order valence-electron chi connectivity index (χ3n) is 2.60. The van der Waals surface area contributed by atoms with Gasteiger partial charge in [0.2, 0.25) is 0 Å². The lowest BCUT2D eigenvalue weighted by Gasteiger charge is -2.03. The summed E-state index contributed by atoms with van der Waals surface area (Å²) in [5.74, 6) is 0. The first-order valence-corrected chi connectivity index (χ1v) is 5.82. The fraction of sp³-hybridized carbons (Fsp3) is 0.133. The molecule has 0 aromatic heterocycles. The number of hydrogen-bond donors (Lipinski definition) is 0. The minimum Gasteiger partial charge on any atom is -0.391 e. The molecule has 0 N–H and O–H groups in total. The lowest BCUT2D eigenvalue weighted by atomic mass is 9.95. The Hall–Kier alpha value is -2.03. The van der Waals surface area contributed by atoms with Crippen LogP contribution < -0.4 is 5.46 Å². The summed E-state index contributed by atoms with van der Waals surface area (Å²) in [6.07, 6.45) is 0. The van der Waals surface area contributed by atoms with Gasteiger partial charge in [-0.15, -0.1) is 0 Å². The van der Waals surface area contributed by atoms with Gasteiger partial charge in [-0.2, -0.15) is 0 Å². The molecular weight excluding hydrogens is 221 g/mol. The molecule has 2 aromatic rings. The molecule has 2 nitrogen and oxygen atoms in total. The molecule has 0 aliphatic heterocycles. The highest BCUT2D eigenvalue weighted by Crippen LogP contribution is 2.03. The zero-order valence-corrected chi connectivity index (χ0v) is 10.3. The van der Waals surface area contributed by atoms with E-state index in [0.717, 1.165) is 22.3 Å². The van der Waals surface area contributed by atoms with Crippen molar-refractivity contribution in [2.24, 2.45) is 5.16 Å². The molecule has 0 bridgehead atoms. The minimum absolute atomic E-state index is 0.479. The third kappa shape index (κ3) is 3.49. The number of rotatable bonds is 4. The second kappa shape index (κ2) is 6.06. The quantitative estimate of drug-likeness (QED) is 0.453. The van der Waals surface area contributed by atoms with Gasteiger partial charge in [-0.05, 0) is 18.1 Å². The molecular formula is C15H14BNO. The fourth-order valence-electron chi connectivity index (χ4n) is 1.55. The van der Waals surface area contributed by atoms with E-state index in [4.69, 9.17) is 12.7 Å². The minimum atomic E-state index is 0.479. The van der Waals surface area contributed by atoms with Crippen molar-refractivity contribution in [2.75, 3.05) is 0 Å². The molecule has 0 fully saturated rings. The number of nitrogens with zero attached hydrogens (tertiary/aromatic N) is 1. The van der Waals surface area contributed by atoms with E-state index in [-0.39, 0.29) is 0 Å². The molecule has 2 rings (SSSR count). The monoisotopic (exact) mass is 235 g/mol. The highest BCUT2D eigenvalue weighted by atomic mass is 16.6. The average Bonchev–Trinajstić information content (AvgIpc) is 2.40. The molecule has 0 heterocycles. The summed E-state index contributed by atoms with van der Waals surface area (Å²) >= 11 is 0. The first-order valence-electron chi connectivity index (χ1n) is 5.82. The van der Waals surface area contributed by atoms with Crippen molar-refractivity contribution in [1.29, 1.82) is 0 Å². The zero-order valence-electron chi connectivity index (χ0n) is 10.3. The molecule has 0 aliphatic rings. The lowest BCUT2D eigenvalue weighted by Crippen LogP contribution is -2.03. The summed E-state index contributed by atoms with van der Waals surface area (Å²) in [5, 5.41) is 4.10. The van der Waals surface area contributed by atoms with Crippen molar-refractivity contribution in [3.63, 3.8) is 0 Å². The van der Waals surface area contributed by atoms with Gasteiger partial charge >= 0.3 is 0 Å². The smallest absolute Gasteiger partial charge is 0.142 e. The van der Waals surface area contributed by atoms with Gasteiger partial charge in [0.1, 0.15) is 14.5 Å². The van der Waals surface area contributed by atoms with Crippen LogP contribution in [0, 0.1) is 0 Å². The van der Waals surface area contributed by atoms with Crippen molar-refractivity contribution in [3.8, 4) is 0 Å². The average molecular weight is 235 g/mol. The maximum atomic E-state index is 5.63. The van der Waals surface area contributed by atoms with E-state index in [2.05, 4.69) is 5.16 Å². The maximum Gasteiger partial charge on any atom is 0.142 e. The SMILES string of the molecule is [B]c1ccc(/C(C)=N/OCc2ccccc2)cc1. The Morgan fingerprint density at radius 2 is 1.72 bits per heavy atom. The predicted octanol–water partition coefficient (Wildman–Crippen LogP) is 2.42. The molecule has 3 heteroatoms. The Balaban J connectivity index is 1.95. The van der Waals surface area contributed by atoms with E-state index in [0.29, 0.717) is 6.61 Å². The van der Waals surface area contributed by atoms with Crippen LogP contribution in [0.15, 0.2) is 59.8 Å². The summed E-state index contributed by atoms with van der Waals surface area (Å²) in [7, 11) is 5.63. The van der Waals surface area contributed by atoms with Gasteiger partial charge in [0, 0.05) is 0 Å². The summed E-state index contributed by atoms with van der Waals surface area (Å²) in [6.45, 7) is 2.39. The van der Waals surface area contributed by atoms with Crippen LogP contribution in [0.4, 0.5) is 0 Å². The van der Waals surface area contributed by atoms with Crippen LogP contribution in [0.5, 0.6) is 0 Å². The molecule has 0 saturated carbocycles.